The van der Waals surface area contributed by atoms with E-state index in [1.807, 2.05) is 24.5 Å². The minimum atomic E-state index is 0.0539. The molecule has 0 aliphatic carbocycles. The minimum absolute atomic E-state index is 0.0539. The number of rotatable bonds is 4. The lowest BCUT2D eigenvalue weighted by molar-refractivity contribution is 0.481. The summed E-state index contributed by atoms with van der Waals surface area (Å²) in [5.41, 5.74) is 6.17. The number of hydrazine groups is 1. The van der Waals surface area contributed by atoms with Crippen LogP contribution >= 0.6 is 27.3 Å². The van der Waals surface area contributed by atoms with E-state index in [9.17, 15) is 0 Å². The molecule has 4 nitrogen and oxygen atoms in total. The van der Waals surface area contributed by atoms with Crippen molar-refractivity contribution in [2.45, 2.75) is 12.6 Å². The summed E-state index contributed by atoms with van der Waals surface area (Å²) in [6, 6.07) is 8.15. The summed E-state index contributed by atoms with van der Waals surface area (Å²) in [6.07, 6.45) is 1.86. The number of imidazole rings is 1. The van der Waals surface area contributed by atoms with Gasteiger partial charge in [-0.05, 0) is 39.0 Å². The number of benzene rings is 1. The largest absolute Gasteiger partial charge is 0.329 e. The van der Waals surface area contributed by atoms with E-state index in [0.717, 1.165) is 22.1 Å². The molecule has 3 N–H and O–H groups in total. The lowest BCUT2D eigenvalue weighted by Gasteiger charge is -2.16. The minimum Gasteiger partial charge on any atom is -0.329 e. The first-order valence-electron chi connectivity index (χ1n) is 5.87. The van der Waals surface area contributed by atoms with E-state index in [2.05, 4.69) is 47.7 Å². The van der Waals surface area contributed by atoms with Crippen molar-refractivity contribution in [2.75, 3.05) is 0 Å². The Hall–Kier alpha value is -1.21. The van der Waals surface area contributed by atoms with Crippen LogP contribution in [-0.4, -0.2) is 9.55 Å². The van der Waals surface area contributed by atoms with Gasteiger partial charge in [-0.3, -0.25) is 11.3 Å². The number of hydrogen-bond donors (Lipinski definition) is 2. The fourth-order valence-corrected chi connectivity index (χ4v) is 3.76. The standard InChI is InChI=1S/C13H13BrN4S/c14-10-7-19-6-9(10)12(17-15)5-18-8-16-11-3-1-2-4-13(11)18/h1-4,6-8,12,17H,5,15H2. The van der Waals surface area contributed by atoms with Gasteiger partial charge in [0.2, 0.25) is 0 Å². The highest BCUT2D eigenvalue weighted by Crippen LogP contribution is 2.28. The maximum atomic E-state index is 5.69. The first-order valence-corrected chi connectivity index (χ1v) is 7.61. The molecule has 19 heavy (non-hydrogen) atoms. The Morgan fingerprint density at radius 3 is 2.95 bits per heavy atom. The maximum absolute atomic E-state index is 5.69. The SMILES string of the molecule is NNC(Cn1cnc2ccccc21)c1cscc1Br. The Morgan fingerprint density at radius 1 is 1.37 bits per heavy atom. The number of para-hydroxylation sites is 2. The number of hydrogen-bond acceptors (Lipinski definition) is 4. The van der Waals surface area contributed by atoms with Crippen molar-refractivity contribution in [3.8, 4) is 0 Å². The Bertz CT molecular complexity index is 691. The van der Waals surface area contributed by atoms with Crippen LogP contribution < -0.4 is 11.3 Å². The summed E-state index contributed by atoms with van der Waals surface area (Å²) in [6.45, 7) is 0.742. The molecular weight excluding hydrogens is 324 g/mol. The highest BCUT2D eigenvalue weighted by atomic mass is 79.9. The van der Waals surface area contributed by atoms with Crippen molar-refractivity contribution < 1.29 is 0 Å². The maximum Gasteiger partial charge on any atom is 0.0958 e. The van der Waals surface area contributed by atoms with Gasteiger partial charge in [-0.2, -0.15) is 11.3 Å². The van der Waals surface area contributed by atoms with Crippen LogP contribution in [0.25, 0.3) is 11.0 Å². The Labute approximate surface area is 123 Å². The molecule has 0 saturated carbocycles. The quantitative estimate of drug-likeness (QED) is 0.568. The van der Waals surface area contributed by atoms with Crippen LogP contribution in [0.15, 0.2) is 45.8 Å². The molecule has 0 aliphatic heterocycles. The monoisotopic (exact) mass is 336 g/mol. The third-order valence-corrected chi connectivity index (χ3v) is 4.88. The van der Waals surface area contributed by atoms with Crippen molar-refractivity contribution >= 4 is 38.3 Å². The van der Waals surface area contributed by atoms with Crippen LogP contribution in [0.3, 0.4) is 0 Å². The zero-order valence-electron chi connectivity index (χ0n) is 10.1. The van der Waals surface area contributed by atoms with Crippen molar-refractivity contribution in [3.05, 3.63) is 51.4 Å². The van der Waals surface area contributed by atoms with Gasteiger partial charge in [0, 0.05) is 16.4 Å². The number of aromatic nitrogens is 2. The number of halogens is 1. The summed E-state index contributed by atoms with van der Waals surface area (Å²) < 4.78 is 3.20. The molecule has 98 valence electrons. The fraction of sp³-hybridized carbons (Fsp3) is 0.154. The van der Waals surface area contributed by atoms with Gasteiger partial charge < -0.3 is 4.57 Å². The van der Waals surface area contributed by atoms with E-state index in [0.29, 0.717) is 0 Å². The highest BCUT2D eigenvalue weighted by molar-refractivity contribution is 9.10. The molecule has 1 unspecified atom stereocenters. The van der Waals surface area contributed by atoms with Crippen molar-refractivity contribution in [2.24, 2.45) is 5.84 Å². The molecule has 6 heteroatoms. The lowest BCUT2D eigenvalue weighted by Crippen LogP contribution is -2.31. The topological polar surface area (TPSA) is 55.9 Å². The smallest absolute Gasteiger partial charge is 0.0958 e. The molecule has 1 atom stereocenters. The molecule has 0 fully saturated rings. The van der Waals surface area contributed by atoms with E-state index in [1.54, 1.807) is 11.3 Å². The average molecular weight is 337 g/mol. The van der Waals surface area contributed by atoms with Gasteiger partial charge in [-0.15, -0.1) is 0 Å². The zero-order chi connectivity index (χ0) is 13.2. The normalized spacial score (nSPS) is 12.9. The van der Waals surface area contributed by atoms with Gasteiger partial charge in [0.15, 0.2) is 0 Å². The second kappa shape index (κ2) is 5.42. The number of fused-ring (bicyclic) bond motifs is 1. The molecule has 0 saturated heterocycles. The Balaban J connectivity index is 1.93. The molecule has 0 bridgehead atoms. The molecular formula is C13H13BrN4S. The molecule has 1 aromatic carbocycles. The van der Waals surface area contributed by atoms with Gasteiger partial charge >= 0.3 is 0 Å². The zero-order valence-corrected chi connectivity index (χ0v) is 12.5. The number of thiophene rings is 1. The van der Waals surface area contributed by atoms with Gasteiger partial charge in [0.05, 0.1) is 23.4 Å². The van der Waals surface area contributed by atoms with Crippen LogP contribution in [-0.2, 0) is 6.54 Å². The predicted octanol–water partition coefficient (Wildman–Crippen LogP) is 3.06. The number of nitrogens with two attached hydrogens (primary N) is 1. The van der Waals surface area contributed by atoms with Crippen LogP contribution in [0.2, 0.25) is 0 Å². The van der Waals surface area contributed by atoms with Gasteiger partial charge in [0.1, 0.15) is 0 Å². The van der Waals surface area contributed by atoms with Gasteiger partial charge in [-0.25, -0.2) is 4.98 Å². The first kappa shape index (κ1) is 12.8. The molecule has 0 spiro atoms. The van der Waals surface area contributed by atoms with E-state index in [1.165, 1.54) is 5.56 Å². The summed E-state index contributed by atoms with van der Waals surface area (Å²) >= 11 is 5.21. The molecule has 0 amide bonds. The van der Waals surface area contributed by atoms with Crippen molar-refractivity contribution in [1.29, 1.82) is 0 Å². The lowest BCUT2D eigenvalue weighted by atomic mass is 10.1. The summed E-state index contributed by atoms with van der Waals surface area (Å²) in [7, 11) is 0. The summed E-state index contributed by atoms with van der Waals surface area (Å²) in [5, 5.41) is 4.17. The van der Waals surface area contributed by atoms with Crippen LogP contribution in [0.5, 0.6) is 0 Å². The molecule has 3 aromatic rings. The van der Waals surface area contributed by atoms with Crippen LogP contribution in [0, 0.1) is 0 Å². The van der Waals surface area contributed by atoms with Gasteiger partial charge in [-0.1, -0.05) is 12.1 Å². The average Bonchev–Trinajstić information content (AvgIpc) is 3.03. The molecule has 2 aromatic heterocycles. The van der Waals surface area contributed by atoms with E-state index in [-0.39, 0.29) is 6.04 Å². The molecule has 0 radical (unpaired) electrons. The Kier molecular flexibility index (Phi) is 3.65. The molecule has 0 aliphatic rings. The predicted molar refractivity (Wildman–Crippen MR) is 81.8 cm³/mol. The van der Waals surface area contributed by atoms with Crippen molar-refractivity contribution in [3.63, 3.8) is 0 Å². The first-order chi connectivity index (χ1) is 9.29. The van der Waals surface area contributed by atoms with E-state index < -0.39 is 0 Å². The molecule has 2 heterocycles. The van der Waals surface area contributed by atoms with Crippen LogP contribution in [0.4, 0.5) is 0 Å². The summed E-state index contributed by atoms with van der Waals surface area (Å²) in [4.78, 5) is 4.40. The van der Waals surface area contributed by atoms with Crippen LogP contribution in [0.1, 0.15) is 11.6 Å². The number of nitrogens with zero attached hydrogens (tertiary/aromatic N) is 2. The highest BCUT2D eigenvalue weighted by Gasteiger charge is 2.15. The van der Waals surface area contributed by atoms with Gasteiger partial charge in [0.25, 0.3) is 0 Å². The summed E-state index contributed by atoms with van der Waals surface area (Å²) in [5.74, 6) is 5.69. The fourth-order valence-electron chi connectivity index (χ4n) is 2.13. The Morgan fingerprint density at radius 2 is 2.21 bits per heavy atom. The molecule has 3 rings (SSSR count). The second-order valence-corrected chi connectivity index (χ2v) is 5.88. The number of nitrogens with one attached hydrogen (secondary N) is 1. The second-order valence-electron chi connectivity index (χ2n) is 4.28. The third-order valence-electron chi connectivity index (χ3n) is 3.13. The van der Waals surface area contributed by atoms with E-state index >= 15 is 0 Å². The third kappa shape index (κ3) is 2.44. The van der Waals surface area contributed by atoms with E-state index in [4.69, 9.17) is 5.84 Å². The van der Waals surface area contributed by atoms with Crippen molar-refractivity contribution in [1.82, 2.24) is 15.0 Å².